The van der Waals surface area contributed by atoms with E-state index in [1.54, 1.807) is 6.07 Å². The van der Waals surface area contributed by atoms with Crippen LogP contribution in [0.15, 0.2) is 10.3 Å². The second-order valence-corrected chi connectivity index (χ2v) is 8.16. The van der Waals surface area contributed by atoms with Crippen molar-refractivity contribution in [1.82, 2.24) is 10.0 Å². The quantitative estimate of drug-likeness (QED) is 0.842. The molecule has 102 valence electrons. The Bertz CT molecular complexity index is 530. The Kier molecular flexibility index (Phi) is 3.82. The second kappa shape index (κ2) is 4.92. The van der Waals surface area contributed by atoms with Crippen molar-refractivity contribution in [2.45, 2.75) is 49.9 Å². The Balaban J connectivity index is 2.17. The number of sulfonamides is 1. The van der Waals surface area contributed by atoms with Crippen molar-refractivity contribution in [3.63, 3.8) is 0 Å². The fraction of sp³-hybridized carbons (Fsp3) is 0.667. The molecule has 2 rings (SSSR count). The Morgan fingerprint density at radius 1 is 1.44 bits per heavy atom. The Morgan fingerprint density at radius 3 is 2.67 bits per heavy atom. The lowest BCUT2D eigenvalue weighted by molar-refractivity contribution is 0.560. The van der Waals surface area contributed by atoms with E-state index in [1.807, 2.05) is 20.8 Å². The van der Waals surface area contributed by atoms with Gasteiger partial charge >= 0.3 is 0 Å². The van der Waals surface area contributed by atoms with Crippen molar-refractivity contribution in [3.8, 4) is 0 Å². The zero-order valence-corrected chi connectivity index (χ0v) is 12.7. The molecule has 1 aliphatic carbocycles. The van der Waals surface area contributed by atoms with Gasteiger partial charge < -0.3 is 5.32 Å². The highest BCUT2D eigenvalue weighted by atomic mass is 32.2. The van der Waals surface area contributed by atoms with Gasteiger partial charge in [0.15, 0.2) is 0 Å². The molecule has 0 aromatic carbocycles. The summed E-state index contributed by atoms with van der Waals surface area (Å²) in [7, 11) is -3.34. The van der Waals surface area contributed by atoms with Crippen LogP contribution >= 0.6 is 11.3 Å². The van der Waals surface area contributed by atoms with Crippen LogP contribution in [0, 0.1) is 6.92 Å². The van der Waals surface area contributed by atoms with Crippen LogP contribution in [0.2, 0.25) is 0 Å². The van der Waals surface area contributed by atoms with Gasteiger partial charge in [-0.25, -0.2) is 13.1 Å². The van der Waals surface area contributed by atoms with Gasteiger partial charge in [0.25, 0.3) is 10.0 Å². The van der Waals surface area contributed by atoms with E-state index in [9.17, 15) is 8.42 Å². The SMILES string of the molecule is CCNCc1sc(S(=O)(=O)NC2(C)CC2)cc1C. The Hall–Kier alpha value is -0.430. The van der Waals surface area contributed by atoms with Crippen LogP contribution in [0.5, 0.6) is 0 Å². The number of hydrogen-bond acceptors (Lipinski definition) is 4. The molecule has 6 heteroatoms. The van der Waals surface area contributed by atoms with Crippen molar-refractivity contribution < 1.29 is 8.42 Å². The summed E-state index contributed by atoms with van der Waals surface area (Å²) in [4.78, 5) is 1.10. The molecule has 18 heavy (non-hydrogen) atoms. The van der Waals surface area contributed by atoms with Crippen LogP contribution in [0.1, 0.15) is 37.1 Å². The van der Waals surface area contributed by atoms with Crippen LogP contribution in [-0.4, -0.2) is 20.5 Å². The van der Waals surface area contributed by atoms with Gasteiger partial charge in [-0.15, -0.1) is 11.3 Å². The smallest absolute Gasteiger partial charge is 0.250 e. The van der Waals surface area contributed by atoms with E-state index in [4.69, 9.17) is 0 Å². The lowest BCUT2D eigenvalue weighted by atomic mass is 10.3. The molecule has 1 heterocycles. The maximum atomic E-state index is 12.2. The van der Waals surface area contributed by atoms with E-state index in [-0.39, 0.29) is 5.54 Å². The molecule has 0 atom stereocenters. The van der Waals surface area contributed by atoms with Crippen molar-refractivity contribution in [2.75, 3.05) is 6.54 Å². The molecule has 0 bridgehead atoms. The summed E-state index contributed by atoms with van der Waals surface area (Å²) in [5.41, 5.74) is 0.834. The van der Waals surface area contributed by atoms with Gasteiger partial charge in [0.1, 0.15) is 4.21 Å². The zero-order chi connectivity index (χ0) is 13.4. The van der Waals surface area contributed by atoms with Gasteiger partial charge in [-0.2, -0.15) is 0 Å². The van der Waals surface area contributed by atoms with Crippen molar-refractivity contribution in [2.24, 2.45) is 0 Å². The standard InChI is InChI=1S/C12H20N2O2S2/c1-4-13-8-10-9(2)7-11(17-10)18(15,16)14-12(3)5-6-12/h7,13-14H,4-6,8H2,1-3H3. The molecule has 0 spiro atoms. The summed E-state index contributed by atoms with van der Waals surface area (Å²) in [6.07, 6.45) is 1.86. The molecular formula is C12H20N2O2S2. The third-order valence-electron chi connectivity index (χ3n) is 3.18. The number of aryl methyl sites for hydroxylation is 1. The molecule has 0 radical (unpaired) electrons. The molecule has 1 fully saturated rings. The van der Waals surface area contributed by atoms with E-state index >= 15 is 0 Å². The Morgan fingerprint density at radius 2 is 2.11 bits per heavy atom. The van der Waals surface area contributed by atoms with E-state index in [0.717, 1.165) is 36.4 Å². The van der Waals surface area contributed by atoms with Crippen LogP contribution in [0.4, 0.5) is 0 Å². The third-order valence-corrected chi connectivity index (χ3v) is 6.53. The molecule has 0 saturated heterocycles. The summed E-state index contributed by atoms with van der Waals surface area (Å²) in [6, 6.07) is 1.77. The van der Waals surface area contributed by atoms with E-state index in [0.29, 0.717) is 4.21 Å². The van der Waals surface area contributed by atoms with Gasteiger partial charge in [-0.1, -0.05) is 6.92 Å². The number of hydrogen-bond donors (Lipinski definition) is 2. The summed E-state index contributed by atoms with van der Waals surface area (Å²) >= 11 is 1.36. The highest BCUT2D eigenvalue weighted by Gasteiger charge is 2.41. The minimum Gasteiger partial charge on any atom is -0.312 e. The third kappa shape index (κ3) is 3.12. The molecule has 1 saturated carbocycles. The summed E-state index contributed by atoms with van der Waals surface area (Å²) in [5.74, 6) is 0. The fourth-order valence-corrected chi connectivity index (χ4v) is 4.72. The lowest BCUT2D eigenvalue weighted by Gasteiger charge is -2.10. The number of nitrogens with one attached hydrogen (secondary N) is 2. The lowest BCUT2D eigenvalue weighted by Crippen LogP contribution is -2.33. The minimum atomic E-state index is -3.34. The van der Waals surface area contributed by atoms with Crippen molar-refractivity contribution in [3.05, 3.63) is 16.5 Å². The average molecular weight is 288 g/mol. The van der Waals surface area contributed by atoms with Gasteiger partial charge in [-0.3, -0.25) is 0 Å². The van der Waals surface area contributed by atoms with Crippen LogP contribution < -0.4 is 10.0 Å². The molecule has 1 aliphatic rings. The molecule has 1 aromatic heterocycles. The highest BCUT2D eigenvalue weighted by Crippen LogP contribution is 2.37. The molecule has 2 N–H and O–H groups in total. The van der Waals surface area contributed by atoms with Gasteiger partial charge in [0.05, 0.1) is 0 Å². The van der Waals surface area contributed by atoms with Crippen molar-refractivity contribution in [1.29, 1.82) is 0 Å². The monoisotopic (exact) mass is 288 g/mol. The van der Waals surface area contributed by atoms with Gasteiger partial charge in [-0.05, 0) is 44.9 Å². The minimum absolute atomic E-state index is 0.210. The topological polar surface area (TPSA) is 58.2 Å². The predicted octanol–water partition coefficient (Wildman–Crippen LogP) is 2.00. The van der Waals surface area contributed by atoms with Crippen molar-refractivity contribution >= 4 is 21.4 Å². The zero-order valence-electron chi connectivity index (χ0n) is 11.0. The highest BCUT2D eigenvalue weighted by molar-refractivity contribution is 7.91. The first-order valence-electron chi connectivity index (χ1n) is 6.20. The Labute approximate surface area is 113 Å². The summed E-state index contributed by atoms with van der Waals surface area (Å²) < 4.78 is 27.6. The molecule has 1 aromatic rings. The van der Waals surface area contributed by atoms with Crippen LogP contribution in [0.3, 0.4) is 0 Å². The average Bonchev–Trinajstić information content (AvgIpc) is 2.86. The molecule has 4 nitrogen and oxygen atoms in total. The van der Waals surface area contributed by atoms with E-state index in [2.05, 4.69) is 10.0 Å². The van der Waals surface area contributed by atoms with Gasteiger partial charge in [0.2, 0.25) is 0 Å². The van der Waals surface area contributed by atoms with Crippen LogP contribution in [0.25, 0.3) is 0 Å². The first-order valence-corrected chi connectivity index (χ1v) is 8.50. The van der Waals surface area contributed by atoms with E-state index < -0.39 is 10.0 Å². The second-order valence-electron chi connectivity index (χ2n) is 5.12. The molecule has 0 amide bonds. The molecule has 0 aliphatic heterocycles. The maximum Gasteiger partial charge on any atom is 0.250 e. The summed E-state index contributed by atoms with van der Waals surface area (Å²) in [5, 5.41) is 3.23. The maximum absolute atomic E-state index is 12.2. The normalized spacial score (nSPS) is 17.9. The molecular weight excluding hydrogens is 268 g/mol. The fourth-order valence-electron chi connectivity index (χ4n) is 1.70. The summed E-state index contributed by atoms with van der Waals surface area (Å²) in [6.45, 7) is 7.57. The molecule has 0 unspecified atom stereocenters. The largest absolute Gasteiger partial charge is 0.312 e. The first-order chi connectivity index (χ1) is 8.36. The van der Waals surface area contributed by atoms with Gasteiger partial charge in [0, 0.05) is 17.0 Å². The number of thiophene rings is 1. The predicted molar refractivity (Wildman–Crippen MR) is 74.4 cm³/mol. The van der Waals surface area contributed by atoms with E-state index in [1.165, 1.54) is 11.3 Å². The number of rotatable bonds is 6. The first kappa shape index (κ1) is 14.0. The van der Waals surface area contributed by atoms with Crippen LogP contribution in [-0.2, 0) is 16.6 Å².